The smallest absolute Gasteiger partial charge is 0.0895 e. The molecule has 0 amide bonds. The number of hydrogen-bond donors (Lipinski definition) is 3. The molecule has 1 unspecified atom stereocenters. The van der Waals surface area contributed by atoms with E-state index in [-0.39, 0.29) is 24.8 Å². The highest BCUT2D eigenvalue weighted by atomic mass is 35.5. The first-order chi connectivity index (χ1) is 9.68. The van der Waals surface area contributed by atoms with E-state index < -0.39 is 5.60 Å². The number of β-amino-alcohol motifs (C(OH)–C–C–N with tert-alkyl or cyclic N) is 1. The zero-order valence-corrected chi connectivity index (χ0v) is 14.9. The van der Waals surface area contributed by atoms with Crippen molar-refractivity contribution < 1.29 is 9.84 Å². The van der Waals surface area contributed by atoms with Crippen LogP contribution < -0.4 is 10.6 Å². The molecule has 1 aliphatic heterocycles. The minimum atomic E-state index is -0.603. The Morgan fingerprint density at radius 1 is 1.27 bits per heavy atom. The first-order valence-electron chi connectivity index (χ1n) is 7.14. The molecule has 22 heavy (non-hydrogen) atoms. The van der Waals surface area contributed by atoms with Crippen LogP contribution in [0.3, 0.4) is 0 Å². The first-order valence-corrected chi connectivity index (χ1v) is 7.52. The Morgan fingerprint density at radius 3 is 2.64 bits per heavy atom. The van der Waals surface area contributed by atoms with Crippen LogP contribution >= 0.6 is 36.4 Å². The number of benzene rings is 1. The van der Waals surface area contributed by atoms with Crippen LogP contribution in [0.15, 0.2) is 24.3 Å². The normalized spacial score (nSPS) is 20.8. The maximum absolute atomic E-state index is 10.3. The predicted molar refractivity (Wildman–Crippen MR) is 95.5 cm³/mol. The van der Waals surface area contributed by atoms with E-state index in [0.29, 0.717) is 26.3 Å². The molecule has 0 spiro atoms. The lowest BCUT2D eigenvalue weighted by Crippen LogP contribution is -2.52. The van der Waals surface area contributed by atoms with Crippen molar-refractivity contribution in [3.05, 3.63) is 34.9 Å². The Bertz CT molecular complexity index is 398. The lowest BCUT2D eigenvalue weighted by atomic mass is 9.94. The number of rotatable bonds is 7. The van der Waals surface area contributed by atoms with E-state index in [1.165, 1.54) is 0 Å². The summed E-state index contributed by atoms with van der Waals surface area (Å²) in [6.07, 6.45) is 1.89. The third-order valence-electron chi connectivity index (χ3n) is 3.51. The second-order valence-electron chi connectivity index (χ2n) is 5.36. The van der Waals surface area contributed by atoms with Crippen LogP contribution in [0, 0.1) is 0 Å². The number of piperidine rings is 1. The fourth-order valence-corrected chi connectivity index (χ4v) is 2.46. The van der Waals surface area contributed by atoms with Crippen LogP contribution in [0.4, 0.5) is 0 Å². The van der Waals surface area contributed by atoms with Crippen LogP contribution in [-0.4, -0.2) is 43.5 Å². The van der Waals surface area contributed by atoms with Crippen LogP contribution in [0.25, 0.3) is 0 Å². The van der Waals surface area contributed by atoms with E-state index in [9.17, 15) is 5.11 Å². The Morgan fingerprint density at radius 2 is 2.00 bits per heavy atom. The monoisotopic (exact) mass is 370 g/mol. The van der Waals surface area contributed by atoms with Gasteiger partial charge in [-0.25, -0.2) is 0 Å². The van der Waals surface area contributed by atoms with E-state index in [1.807, 2.05) is 24.3 Å². The summed E-state index contributed by atoms with van der Waals surface area (Å²) in [6.45, 7) is 4.26. The summed E-state index contributed by atoms with van der Waals surface area (Å²) < 4.78 is 5.58. The van der Waals surface area contributed by atoms with Crippen molar-refractivity contribution in [1.82, 2.24) is 10.6 Å². The second-order valence-corrected chi connectivity index (χ2v) is 5.80. The minimum Gasteiger partial charge on any atom is -0.387 e. The van der Waals surface area contributed by atoms with Gasteiger partial charge >= 0.3 is 0 Å². The summed E-state index contributed by atoms with van der Waals surface area (Å²) in [4.78, 5) is 0. The molecule has 3 N–H and O–H groups in total. The highest BCUT2D eigenvalue weighted by Gasteiger charge is 2.28. The summed E-state index contributed by atoms with van der Waals surface area (Å²) in [5, 5.41) is 17.5. The average molecular weight is 372 g/mol. The first kappa shape index (κ1) is 21.9. The van der Waals surface area contributed by atoms with Crippen LogP contribution in [0.5, 0.6) is 0 Å². The van der Waals surface area contributed by atoms with Gasteiger partial charge in [0.25, 0.3) is 0 Å². The quantitative estimate of drug-likeness (QED) is 0.644. The Kier molecular flexibility index (Phi) is 11.4. The standard InChI is InChI=1S/C15H23ClN2O2.2ClH/c16-14-4-2-13(3-5-14)10-20-9-8-18-12-15(19)6-1-7-17-11-15;;/h2-5,17-19H,1,6-12H2;2*1H. The molecule has 7 heteroatoms. The highest BCUT2D eigenvalue weighted by Crippen LogP contribution is 2.14. The SMILES string of the molecule is Cl.Cl.OC1(CNCCOCc2ccc(Cl)cc2)CCCNC1. The number of ether oxygens (including phenoxy) is 1. The number of halogens is 3. The summed E-state index contributed by atoms with van der Waals surface area (Å²) in [7, 11) is 0. The number of hydrogen-bond acceptors (Lipinski definition) is 4. The molecule has 1 aromatic carbocycles. The van der Waals surface area contributed by atoms with E-state index >= 15 is 0 Å². The number of nitrogens with one attached hydrogen (secondary N) is 2. The maximum Gasteiger partial charge on any atom is 0.0895 e. The lowest BCUT2D eigenvalue weighted by molar-refractivity contribution is 0.0150. The zero-order chi connectivity index (χ0) is 14.3. The summed E-state index contributed by atoms with van der Waals surface area (Å²) >= 11 is 5.82. The molecule has 0 radical (unpaired) electrons. The molecule has 1 aromatic rings. The van der Waals surface area contributed by atoms with Gasteiger partial charge in [-0.15, -0.1) is 24.8 Å². The van der Waals surface area contributed by atoms with Gasteiger partial charge in [0.1, 0.15) is 0 Å². The molecule has 128 valence electrons. The molecular formula is C15H25Cl3N2O2. The summed E-state index contributed by atoms with van der Waals surface area (Å²) in [5.74, 6) is 0. The van der Waals surface area contributed by atoms with Gasteiger partial charge in [0.05, 0.1) is 18.8 Å². The largest absolute Gasteiger partial charge is 0.387 e. The Labute approximate surface area is 149 Å². The van der Waals surface area contributed by atoms with Crippen LogP contribution in [0.2, 0.25) is 5.02 Å². The molecule has 1 fully saturated rings. The average Bonchev–Trinajstić information content (AvgIpc) is 2.45. The van der Waals surface area contributed by atoms with Crippen molar-refractivity contribution in [2.24, 2.45) is 0 Å². The van der Waals surface area contributed by atoms with Crippen LogP contribution in [0.1, 0.15) is 18.4 Å². The van der Waals surface area contributed by atoms with Gasteiger partial charge in [-0.1, -0.05) is 23.7 Å². The summed E-state index contributed by atoms with van der Waals surface area (Å²) in [6, 6.07) is 7.66. The van der Waals surface area contributed by atoms with Crippen molar-refractivity contribution in [2.75, 3.05) is 32.8 Å². The van der Waals surface area contributed by atoms with Crippen molar-refractivity contribution in [1.29, 1.82) is 0 Å². The lowest BCUT2D eigenvalue weighted by Gasteiger charge is -2.32. The van der Waals surface area contributed by atoms with Gasteiger partial charge in [0.15, 0.2) is 0 Å². The van der Waals surface area contributed by atoms with Crippen molar-refractivity contribution >= 4 is 36.4 Å². The molecule has 1 heterocycles. The van der Waals surface area contributed by atoms with E-state index in [1.54, 1.807) is 0 Å². The van der Waals surface area contributed by atoms with Gasteiger partial charge in [-0.3, -0.25) is 0 Å². The molecule has 0 aliphatic carbocycles. The van der Waals surface area contributed by atoms with E-state index in [4.69, 9.17) is 16.3 Å². The third-order valence-corrected chi connectivity index (χ3v) is 3.76. The van der Waals surface area contributed by atoms with Gasteiger partial charge < -0.3 is 20.5 Å². The molecule has 0 saturated carbocycles. The molecular weight excluding hydrogens is 347 g/mol. The van der Waals surface area contributed by atoms with Gasteiger partial charge in [-0.05, 0) is 37.1 Å². The number of aliphatic hydroxyl groups is 1. The molecule has 0 aromatic heterocycles. The van der Waals surface area contributed by atoms with Crippen LogP contribution in [-0.2, 0) is 11.3 Å². The molecule has 1 aliphatic rings. The molecule has 0 bridgehead atoms. The molecule has 1 atom stereocenters. The Balaban J connectivity index is 0.00000220. The van der Waals surface area contributed by atoms with Crippen molar-refractivity contribution in [3.63, 3.8) is 0 Å². The summed E-state index contributed by atoms with van der Waals surface area (Å²) in [5.41, 5.74) is 0.513. The fourth-order valence-electron chi connectivity index (χ4n) is 2.34. The topological polar surface area (TPSA) is 53.5 Å². The van der Waals surface area contributed by atoms with Gasteiger partial charge in [0, 0.05) is 24.7 Å². The Hall–Kier alpha value is -0.0700. The second kappa shape index (κ2) is 11.5. The van der Waals surface area contributed by atoms with Gasteiger partial charge in [0.2, 0.25) is 0 Å². The predicted octanol–water partition coefficient (Wildman–Crippen LogP) is 2.40. The molecule has 4 nitrogen and oxygen atoms in total. The minimum absolute atomic E-state index is 0. The fraction of sp³-hybridized carbons (Fsp3) is 0.600. The third kappa shape index (κ3) is 7.97. The van der Waals surface area contributed by atoms with Crippen molar-refractivity contribution in [2.45, 2.75) is 25.0 Å². The molecule has 1 saturated heterocycles. The molecule has 2 rings (SSSR count). The maximum atomic E-state index is 10.3. The highest BCUT2D eigenvalue weighted by molar-refractivity contribution is 6.30. The zero-order valence-electron chi connectivity index (χ0n) is 12.5. The van der Waals surface area contributed by atoms with E-state index in [2.05, 4.69) is 10.6 Å². The van der Waals surface area contributed by atoms with Gasteiger partial charge in [-0.2, -0.15) is 0 Å². The van der Waals surface area contributed by atoms with Crippen molar-refractivity contribution in [3.8, 4) is 0 Å². The van der Waals surface area contributed by atoms with E-state index in [0.717, 1.165) is 36.5 Å².